The Bertz CT molecular complexity index is 464. The summed E-state index contributed by atoms with van der Waals surface area (Å²) >= 11 is 0. The molecule has 1 fully saturated rings. The van der Waals surface area contributed by atoms with Crippen LogP contribution in [-0.2, 0) is 11.3 Å². The minimum absolute atomic E-state index is 0.155. The van der Waals surface area contributed by atoms with Gasteiger partial charge in [-0.25, -0.2) is 0 Å². The number of nitriles is 1. The van der Waals surface area contributed by atoms with Gasteiger partial charge in [0.05, 0.1) is 11.6 Å². The highest BCUT2D eigenvalue weighted by Gasteiger charge is 2.28. The van der Waals surface area contributed by atoms with Crippen molar-refractivity contribution in [3.63, 3.8) is 0 Å². The molecular formula is C13H15N3O. The van der Waals surface area contributed by atoms with Crippen molar-refractivity contribution in [2.75, 3.05) is 13.1 Å². The van der Waals surface area contributed by atoms with Crippen molar-refractivity contribution in [3.05, 3.63) is 35.4 Å². The second-order valence-electron chi connectivity index (χ2n) is 4.39. The van der Waals surface area contributed by atoms with Gasteiger partial charge in [0.2, 0.25) is 5.91 Å². The fourth-order valence-corrected chi connectivity index (χ4v) is 2.12. The van der Waals surface area contributed by atoms with E-state index in [4.69, 9.17) is 11.0 Å². The smallest absolute Gasteiger partial charge is 0.223 e. The Morgan fingerprint density at radius 1 is 1.53 bits per heavy atom. The van der Waals surface area contributed by atoms with E-state index in [0.717, 1.165) is 12.1 Å². The van der Waals surface area contributed by atoms with E-state index < -0.39 is 0 Å². The Morgan fingerprint density at radius 3 is 3.00 bits per heavy atom. The molecule has 1 aromatic carbocycles. The maximum absolute atomic E-state index is 11.7. The van der Waals surface area contributed by atoms with Crippen LogP contribution in [0, 0.1) is 17.2 Å². The molecule has 17 heavy (non-hydrogen) atoms. The number of likely N-dealkylation sites (tertiary alicyclic amines) is 1. The lowest BCUT2D eigenvalue weighted by atomic mass is 10.1. The van der Waals surface area contributed by atoms with Crippen molar-refractivity contribution in [1.82, 2.24) is 4.90 Å². The number of carbonyl (C=O) groups is 1. The van der Waals surface area contributed by atoms with Gasteiger partial charge in [-0.05, 0) is 30.2 Å². The Kier molecular flexibility index (Phi) is 3.40. The van der Waals surface area contributed by atoms with E-state index in [2.05, 4.69) is 6.07 Å². The van der Waals surface area contributed by atoms with Gasteiger partial charge in [0.1, 0.15) is 0 Å². The Labute approximate surface area is 101 Å². The first-order chi connectivity index (χ1) is 8.22. The van der Waals surface area contributed by atoms with Crippen molar-refractivity contribution in [1.29, 1.82) is 5.26 Å². The van der Waals surface area contributed by atoms with Crippen LogP contribution in [0.25, 0.3) is 0 Å². The van der Waals surface area contributed by atoms with E-state index in [1.807, 2.05) is 23.1 Å². The van der Waals surface area contributed by atoms with Crippen LogP contribution >= 0.6 is 0 Å². The summed E-state index contributed by atoms with van der Waals surface area (Å²) in [6.45, 7) is 1.86. The lowest BCUT2D eigenvalue weighted by Crippen LogP contribution is -2.25. The molecule has 4 heteroatoms. The average molecular weight is 229 g/mol. The molecule has 0 saturated carbocycles. The number of nitrogens with zero attached hydrogens (tertiary/aromatic N) is 2. The number of benzene rings is 1. The first-order valence-electron chi connectivity index (χ1n) is 5.70. The fourth-order valence-electron chi connectivity index (χ4n) is 2.12. The monoisotopic (exact) mass is 229 g/mol. The first-order valence-corrected chi connectivity index (χ1v) is 5.70. The molecule has 0 radical (unpaired) electrons. The summed E-state index contributed by atoms with van der Waals surface area (Å²) in [5.74, 6) is 0.435. The molecule has 0 bridgehead atoms. The number of rotatable bonds is 3. The number of carbonyl (C=O) groups excluding carboxylic acids is 1. The first kappa shape index (κ1) is 11.6. The van der Waals surface area contributed by atoms with E-state index in [1.165, 1.54) is 0 Å². The highest BCUT2D eigenvalue weighted by Crippen LogP contribution is 2.19. The van der Waals surface area contributed by atoms with Crippen molar-refractivity contribution < 1.29 is 4.79 Å². The van der Waals surface area contributed by atoms with Gasteiger partial charge in [-0.1, -0.05) is 12.1 Å². The maximum atomic E-state index is 11.7. The molecule has 1 amide bonds. The summed E-state index contributed by atoms with van der Waals surface area (Å²) in [6.07, 6.45) is 0.550. The molecule has 1 aromatic rings. The van der Waals surface area contributed by atoms with E-state index in [0.29, 0.717) is 25.1 Å². The molecule has 88 valence electrons. The minimum Gasteiger partial charge on any atom is -0.338 e. The van der Waals surface area contributed by atoms with Gasteiger partial charge in [-0.2, -0.15) is 5.26 Å². The second kappa shape index (κ2) is 4.98. The van der Waals surface area contributed by atoms with Gasteiger partial charge >= 0.3 is 0 Å². The van der Waals surface area contributed by atoms with Crippen LogP contribution in [0.5, 0.6) is 0 Å². The quantitative estimate of drug-likeness (QED) is 0.835. The molecule has 1 saturated heterocycles. The second-order valence-corrected chi connectivity index (χ2v) is 4.39. The van der Waals surface area contributed by atoms with Crippen molar-refractivity contribution >= 4 is 5.91 Å². The zero-order chi connectivity index (χ0) is 12.3. The molecule has 0 spiro atoms. The zero-order valence-corrected chi connectivity index (χ0v) is 9.60. The third kappa shape index (κ3) is 2.63. The van der Waals surface area contributed by atoms with Crippen molar-refractivity contribution in [3.8, 4) is 6.07 Å². The average Bonchev–Trinajstić information content (AvgIpc) is 2.70. The fraction of sp³-hybridized carbons (Fsp3) is 0.385. The predicted molar refractivity (Wildman–Crippen MR) is 63.7 cm³/mol. The molecule has 4 nitrogen and oxygen atoms in total. The number of hydrogen-bond acceptors (Lipinski definition) is 3. The van der Waals surface area contributed by atoms with Gasteiger partial charge in [0.15, 0.2) is 0 Å². The summed E-state index contributed by atoms with van der Waals surface area (Å²) in [5.41, 5.74) is 7.20. The summed E-state index contributed by atoms with van der Waals surface area (Å²) < 4.78 is 0. The summed E-state index contributed by atoms with van der Waals surface area (Å²) in [5, 5.41) is 8.81. The Balaban J connectivity index is 2.06. The highest BCUT2D eigenvalue weighted by atomic mass is 16.2. The van der Waals surface area contributed by atoms with Gasteiger partial charge in [0, 0.05) is 19.5 Å². The zero-order valence-electron chi connectivity index (χ0n) is 9.60. The van der Waals surface area contributed by atoms with E-state index in [-0.39, 0.29) is 11.8 Å². The van der Waals surface area contributed by atoms with Crippen LogP contribution in [0.15, 0.2) is 24.3 Å². The molecule has 1 heterocycles. The molecule has 2 N–H and O–H groups in total. The number of hydrogen-bond donors (Lipinski definition) is 1. The molecule has 0 aliphatic carbocycles. The topological polar surface area (TPSA) is 70.1 Å². The summed E-state index contributed by atoms with van der Waals surface area (Å²) in [6, 6.07) is 9.46. The predicted octanol–water partition coefficient (Wildman–Crippen LogP) is 0.865. The molecular weight excluding hydrogens is 214 g/mol. The van der Waals surface area contributed by atoms with Gasteiger partial charge in [-0.3, -0.25) is 4.79 Å². The summed E-state index contributed by atoms with van der Waals surface area (Å²) in [4.78, 5) is 13.5. The van der Waals surface area contributed by atoms with Crippen LogP contribution < -0.4 is 5.73 Å². The van der Waals surface area contributed by atoms with Crippen LogP contribution in [0.2, 0.25) is 0 Å². The SMILES string of the molecule is N#Cc1cccc(CN2CC(CN)CC2=O)c1. The van der Waals surface area contributed by atoms with E-state index in [1.54, 1.807) is 6.07 Å². The van der Waals surface area contributed by atoms with Crippen molar-refractivity contribution in [2.45, 2.75) is 13.0 Å². The summed E-state index contributed by atoms with van der Waals surface area (Å²) in [7, 11) is 0. The van der Waals surface area contributed by atoms with Gasteiger partial charge < -0.3 is 10.6 Å². The van der Waals surface area contributed by atoms with Crippen LogP contribution in [0.1, 0.15) is 17.5 Å². The molecule has 0 aromatic heterocycles. The minimum atomic E-state index is 0.155. The van der Waals surface area contributed by atoms with E-state index in [9.17, 15) is 4.79 Å². The molecule has 2 rings (SSSR count). The van der Waals surface area contributed by atoms with Crippen molar-refractivity contribution in [2.24, 2.45) is 11.7 Å². The lowest BCUT2D eigenvalue weighted by molar-refractivity contribution is -0.128. The highest BCUT2D eigenvalue weighted by molar-refractivity contribution is 5.78. The molecule has 1 unspecified atom stereocenters. The Morgan fingerprint density at radius 2 is 2.35 bits per heavy atom. The third-order valence-electron chi connectivity index (χ3n) is 3.06. The number of nitrogens with two attached hydrogens (primary N) is 1. The van der Waals surface area contributed by atoms with Gasteiger partial charge in [-0.15, -0.1) is 0 Å². The van der Waals surface area contributed by atoms with Crippen LogP contribution in [-0.4, -0.2) is 23.9 Å². The normalized spacial score (nSPS) is 19.4. The maximum Gasteiger partial charge on any atom is 0.223 e. The van der Waals surface area contributed by atoms with Crippen LogP contribution in [0.4, 0.5) is 0 Å². The molecule has 1 atom stereocenters. The molecule has 1 aliphatic heterocycles. The standard InChI is InChI=1S/C13H15N3O/c14-6-10-2-1-3-11(4-10)8-16-9-12(7-15)5-13(16)17/h1-4,12H,5,7-9,15H2. The number of amides is 1. The van der Waals surface area contributed by atoms with E-state index >= 15 is 0 Å². The lowest BCUT2D eigenvalue weighted by Gasteiger charge is -2.16. The largest absolute Gasteiger partial charge is 0.338 e. The van der Waals surface area contributed by atoms with Crippen LogP contribution in [0.3, 0.4) is 0 Å². The van der Waals surface area contributed by atoms with Gasteiger partial charge in [0.25, 0.3) is 0 Å². The third-order valence-corrected chi connectivity index (χ3v) is 3.06. The Hall–Kier alpha value is -1.86. The molecule has 1 aliphatic rings.